The Morgan fingerprint density at radius 1 is 1.40 bits per heavy atom. The molecule has 1 aliphatic heterocycles. The lowest BCUT2D eigenvalue weighted by Gasteiger charge is -2.44. The topological polar surface area (TPSA) is 52.9 Å². The molecule has 74 valence electrons. The molecule has 3 atom stereocenters. The first kappa shape index (κ1) is 8.49. The molecule has 3 rings (SSSR count). The van der Waals surface area contributed by atoms with Gasteiger partial charge in [0.1, 0.15) is 0 Å². The van der Waals surface area contributed by atoms with Crippen LogP contribution in [0.1, 0.15) is 17.9 Å². The Morgan fingerprint density at radius 2 is 2.20 bits per heavy atom. The summed E-state index contributed by atoms with van der Waals surface area (Å²) in [4.78, 5) is 11.7. The number of hydrogen-bond acceptors (Lipinski definition) is 2. The third-order valence-corrected chi connectivity index (χ3v) is 3.46. The number of amides is 1. The van der Waals surface area contributed by atoms with Crippen LogP contribution in [0, 0.1) is 23.2 Å². The van der Waals surface area contributed by atoms with E-state index in [1.165, 1.54) is 0 Å². The molecule has 0 spiro atoms. The second kappa shape index (κ2) is 2.83. The van der Waals surface area contributed by atoms with Crippen molar-refractivity contribution in [2.24, 2.45) is 11.8 Å². The van der Waals surface area contributed by atoms with Crippen LogP contribution in [0.25, 0.3) is 0 Å². The molecule has 15 heavy (non-hydrogen) atoms. The van der Waals surface area contributed by atoms with Crippen molar-refractivity contribution >= 4 is 11.6 Å². The lowest BCUT2D eigenvalue weighted by atomic mass is 9.60. The molecule has 1 aromatic carbocycles. The van der Waals surface area contributed by atoms with Gasteiger partial charge in [-0.1, -0.05) is 18.2 Å². The second-order valence-corrected chi connectivity index (χ2v) is 4.18. The van der Waals surface area contributed by atoms with Gasteiger partial charge in [0, 0.05) is 17.5 Å². The zero-order chi connectivity index (χ0) is 10.4. The Hall–Kier alpha value is -1.82. The van der Waals surface area contributed by atoms with E-state index in [0.29, 0.717) is 6.42 Å². The Bertz CT molecular complexity index is 475. The maximum absolute atomic E-state index is 11.7. The zero-order valence-electron chi connectivity index (χ0n) is 8.10. The molecule has 0 bridgehead atoms. The summed E-state index contributed by atoms with van der Waals surface area (Å²) in [5, 5.41) is 11.8. The fraction of sp³-hybridized carbons (Fsp3) is 0.333. The number of carbonyl (C=O) groups excluding carboxylic acids is 1. The van der Waals surface area contributed by atoms with Gasteiger partial charge in [0.2, 0.25) is 5.91 Å². The zero-order valence-corrected chi connectivity index (χ0v) is 8.10. The van der Waals surface area contributed by atoms with E-state index < -0.39 is 0 Å². The van der Waals surface area contributed by atoms with Crippen LogP contribution in [0.4, 0.5) is 5.69 Å². The summed E-state index contributed by atoms with van der Waals surface area (Å²) in [5.74, 6) is 0.233. The van der Waals surface area contributed by atoms with E-state index in [9.17, 15) is 4.79 Å². The first-order valence-electron chi connectivity index (χ1n) is 5.10. The van der Waals surface area contributed by atoms with Crippen molar-refractivity contribution in [2.45, 2.75) is 12.3 Å². The van der Waals surface area contributed by atoms with E-state index in [1.54, 1.807) is 0 Å². The highest BCUT2D eigenvalue weighted by Gasteiger charge is 2.49. The minimum Gasteiger partial charge on any atom is -0.326 e. The maximum Gasteiger partial charge on any atom is 0.228 e. The number of rotatable bonds is 0. The Kier molecular flexibility index (Phi) is 1.60. The quantitative estimate of drug-likeness (QED) is 0.692. The summed E-state index contributed by atoms with van der Waals surface area (Å²) in [7, 11) is 0. The number of nitrogens with one attached hydrogen (secondary N) is 1. The fourth-order valence-corrected chi connectivity index (χ4v) is 2.61. The normalized spacial score (nSPS) is 31.7. The highest BCUT2D eigenvalue weighted by atomic mass is 16.2. The van der Waals surface area contributed by atoms with Gasteiger partial charge in [0.05, 0.1) is 12.0 Å². The van der Waals surface area contributed by atoms with Gasteiger partial charge in [-0.25, -0.2) is 0 Å². The predicted molar refractivity (Wildman–Crippen MR) is 55.0 cm³/mol. The Balaban J connectivity index is 2.09. The summed E-state index contributed by atoms with van der Waals surface area (Å²) >= 11 is 0. The van der Waals surface area contributed by atoms with E-state index in [2.05, 4.69) is 11.4 Å². The summed E-state index contributed by atoms with van der Waals surface area (Å²) < 4.78 is 0. The van der Waals surface area contributed by atoms with E-state index >= 15 is 0 Å². The first-order valence-corrected chi connectivity index (χ1v) is 5.10. The van der Waals surface area contributed by atoms with Crippen LogP contribution in [0.15, 0.2) is 24.3 Å². The molecule has 1 aromatic rings. The molecule has 1 amide bonds. The van der Waals surface area contributed by atoms with Crippen molar-refractivity contribution < 1.29 is 4.79 Å². The maximum atomic E-state index is 11.7. The van der Waals surface area contributed by atoms with Gasteiger partial charge in [-0.2, -0.15) is 5.26 Å². The summed E-state index contributed by atoms with van der Waals surface area (Å²) in [6.07, 6.45) is 0.710. The highest BCUT2D eigenvalue weighted by molar-refractivity contribution is 5.97. The largest absolute Gasteiger partial charge is 0.326 e. The Morgan fingerprint density at radius 3 is 3.00 bits per heavy atom. The molecular weight excluding hydrogens is 188 g/mol. The molecule has 1 saturated carbocycles. The van der Waals surface area contributed by atoms with Crippen LogP contribution in [0.3, 0.4) is 0 Å². The van der Waals surface area contributed by atoms with Crippen LogP contribution in [0.5, 0.6) is 0 Å². The molecule has 1 N–H and O–H groups in total. The number of anilines is 1. The molecule has 1 fully saturated rings. The first-order chi connectivity index (χ1) is 7.31. The van der Waals surface area contributed by atoms with Crippen molar-refractivity contribution in [3.05, 3.63) is 29.8 Å². The molecule has 1 heterocycles. The van der Waals surface area contributed by atoms with Crippen molar-refractivity contribution in [2.75, 3.05) is 5.32 Å². The highest BCUT2D eigenvalue weighted by Crippen LogP contribution is 2.52. The minimum atomic E-state index is 0.0159. The molecule has 0 radical (unpaired) electrons. The molecule has 3 heteroatoms. The second-order valence-electron chi connectivity index (χ2n) is 4.18. The lowest BCUT2D eigenvalue weighted by Crippen LogP contribution is -2.45. The molecule has 2 aliphatic rings. The third kappa shape index (κ3) is 1.02. The van der Waals surface area contributed by atoms with Gasteiger partial charge in [-0.05, 0) is 18.1 Å². The molecular formula is C12H10N2O. The van der Waals surface area contributed by atoms with Gasteiger partial charge >= 0.3 is 0 Å². The summed E-state index contributed by atoms with van der Waals surface area (Å²) in [6, 6.07) is 10.1. The smallest absolute Gasteiger partial charge is 0.228 e. The van der Waals surface area contributed by atoms with E-state index in [-0.39, 0.29) is 23.7 Å². The average molecular weight is 198 g/mol. The van der Waals surface area contributed by atoms with Gasteiger partial charge in [-0.3, -0.25) is 4.79 Å². The third-order valence-electron chi connectivity index (χ3n) is 3.46. The summed E-state index contributed by atoms with van der Waals surface area (Å²) in [5.41, 5.74) is 2.00. The Labute approximate surface area is 87.7 Å². The average Bonchev–Trinajstić information content (AvgIpc) is 2.19. The minimum absolute atomic E-state index is 0.0159. The SMILES string of the molecule is N#C[C@@H]1C[C@@H]2C(=O)Nc3ccccc3[C@H]12. The van der Waals surface area contributed by atoms with Crippen molar-refractivity contribution in [1.29, 1.82) is 5.26 Å². The van der Waals surface area contributed by atoms with Crippen molar-refractivity contribution in [3.8, 4) is 6.07 Å². The lowest BCUT2D eigenvalue weighted by molar-refractivity contribution is -0.124. The standard InChI is InChI=1S/C12H10N2O/c13-6-7-5-9-11(7)8-3-1-2-4-10(8)14-12(9)15/h1-4,7,9,11H,5H2,(H,14,15)/t7-,9-,11-/m0/s1. The number of carbonyl (C=O) groups is 1. The van der Waals surface area contributed by atoms with Gasteiger partial charge in [0.15, 0.2) is 0 Å². The van der Waals surface area contributed by atoms with Gasteiger partial charge in [0.25, 0.3) is 0 Å². The molecule has 3 nitrogen and oxygen atoms in total. The number of fused-ring (bicyclic) bond motifs is 3. The molecule has 0 saturated heterocycles. The van der Waals surface area contributed by atoms with E-state index in [4.69, 9.17) is 5.26 Å². The predicted octanol–water partition coefficient (Wildman–Crippen LogP) is 1.88. The number of para-hydroxylation sites is 1. The number of benzene rings is 1. The number of nitrogens with zero attached hydrogens (tertiary/aromatic N) is 1. The number of nitriles is 1. The van der Waals surface area contributed by atoms with Crippen molar-refractivity contribution in [3.63, 3.8) is 0 Å². The van der Waals surface area contributed by atoms with Crippen LogP contribution in [-0.4, -0.2) is 5.91 Å². The van der Waals surface area contributed by atoms with Crippen LogP contribution in [-0.2, 0) is 4.79 Å². The van der Waals surface area contributed by atoms with Crippen molar-refractivity contribution in [1.82, 2.24) is 0 Å². The van der Waals surface area contributed by atoms with E-state index in [1.807, 2.05) is 24.3 Å². The fourth-order valence-electron chi connectivity index (χ4n) is 2.61. The molecule has 0 aromatic heterocycles. The summed E-state index contributed by atoms with van der Waals surface area (Å²) in [6.45, 7) is 0. The van der Waals surface area contributed by atoms with Gasteiger partial charge < -0.3 is 5.32 Å². The van der Waals surface area contributed by atoms with Crippen LogP contribution >= 0.6 is 0 Å². The monoisotopic (exact) mass is 198 g/mol. The van der Waals surface area contributed by atoms with E-state index in [0.717, 1.165) is 11.3 Å². The molecule has 0 unspecified atom stereocenters. The van der Waals surface area contributed by atoms with Gasteiger partial charge in [-0.15, -0.1) is 0 Å². The molecule has 1 aliphatic carbocycles. The van der Waals surface area contributed by atoms with Crippen LogP contribution < -0.4 is 5.32 Å². The van der Waals surface area contributed by atoms with Crippen LogP contribution in [0.2, 0.25) is 0 Å². The number of hydrogen-bond donors (Lipinski definition) is 1.